The number of rotatable bonds is 5. The van der Waals surface area contributed by atoms with Crippen LogP contribution in [0.4, 0.5) is 0 Å². The van der Waals surface area contributed by atoms with Crippen LogP contribution in [0.1, 0.15) is 37.2 Å². The van der Waals surface area contributed by atoms with Crippen LogP contribution < -0.4 is 10.8 Å². The van der Waals surface area contributed by atoms with Gasteiger partial charge in [-0.25, -0.2) is 5.48 Å². The van der Waals surface area contributed by atoms with Gasteiger partial charge in [0.25, 0.3) is 5.91 Å². The second kappa shape index (κ2) is 10.5. The molecule has 4 aromatic rings. The van der Waals surface area contributed by atoms with Crippen LogP contribution in [0.3, 0.4) is 0 Å². The van der Waals surface area contributed by atoms with Crippen molar-refractivity contribution in [1.29, 1.82) is 0 Å². The molecule has 1 amide bonds. The number of hydrogen-bond acceptors (Lipinski definition) is 5. The molecule has 0 spiro atoms. The fraction of sp³-hybridized carbons (Fsp3) is 0.0833. The first-order valence-corrected chi connectivity index (χ1v) is 10.2. The number of nitrogens with one attached hydrogen (secondary N) is 2. The van der Waals surface area contributed by atoms with Crippen molar-refractivity contribution in [3.63, 3.8) is 0 Å². The van der Waals surface area contributed by atoms with Crippen LogP contribution in [0.15, 0.2) is 84.9 Å². The Hall–Kier alpha value is -3.32. The van der Waals surface area contributed by atoms with Crippen LogP contribution in [0.25, 0.3) is 10.1 Å². The van der Waals surface area contributed by atoms with Gasteiger partial charge in [-0.05, 0) is 35.7 Å². The van der Waals surface area contributed by atoms with E-state index < -0.39 is 5.91 Å². The van der Waals surface area contributed by atoms with Crippen molar-refractivity contribution >= 4 is 33.6 Å². The summed E-state index contributed by atoms with van der Waals surface area (Å²) >= 11 is 1.23. The zero-order chi connectivity index (χ0) is 21.3. The molecule has 0 bridgehead atoms. The number of thiophene rings is 1. The van der Waals surface area contributed by atoms with Gasteiger partial charge < -0.3 is 5.32 Å². The van der Waals surface area contributed by atoms with Crippen molar-refractivity contribution in [1.82, 2.24) is 10.8 Å². The van der Waals surface area contributed by atoms with Gasteiger partial charge in [-0.3, -0.25) is 14.8 Å². The molecule has 4 rings (SSSR count). The second-order valence-corrected chi connectivity index (χ2v) is 7.59. The zero-order valence-electron chi connectivity index (χ0n) is 16.4. The van der Waals surface area contributed by atoms with Crippen LogP contribution in [-0.2, 0) is 0 Å². The standard InChI is InChI=1S/C14H15N.C10H7NO3S/c1-15-14(12-8-4-2-5-9-12)13-10-6-3-7-11-13;12-5-6-1-2-7-4-9(10(13)11-14)15-8(7)3-6/h2-11,14-15H,1H3;1-5,14H,(H,11,13). The first-order valence-electron chi connectivity index (χ1n) is 9.36. The number of carbonyl (C=O) groups excluding carboxylic acids is 2. The predicted molar refractivity (Wildman–Crippen MR) is 120 cm³/mol. The lowest BCUT2D eigenvalue weighted by Crippen LogP contribution is -2.17. The van der Waals surface area contributed by atoms with Crippen LogP contribution in [-0.4, -0.2) is 24.4 Å². The first-order chi connectivity index (χ1) is 14.7. The molecule has 3 N–H and O–H groups in total. The Morgan fingerprint density at radius 2 is 1.53 bits per heavy atom. The van der Waals surface area contributed by atoms with Gasteiger partial charge in [0.15, 0.2) is 0 Å². The highest BCUT2D eigenvalue weighted by Gasteiger charge is 2.10. The Morgan fingerprint density at radius 3 is 2.03 bits per heavy atom. The summed E-state index contributed by atoms with van der Waals surface area (Å²) in [4.78, 5) is 22.1. The Bertz CT molecular complexity index is 1070. The Labute approximate surface area is 179 Å². The lowest BCUT2D eigenvalue weighted by molar-refractivity contribution is 0.0711. The normalized spacial score (nSPS) is 10.4. The number of hydrogen-bond donors (Lipinski definition) is 3. The highest BCUT2D eigenvalue weighted by molar-refractivity contribution is 7.20. The summed E-state index contributed by atoms with van der Waals surface area (Å²) in [6.45, 7) is 0. The fourth-order valence-electron chi connectivity index (χ4n) is 3.10. The molecular formula is C24H22N2O3S. The van der Waals surface area contributed by atoms with Gasteiger partial charge in [0, 0.05) is 10.3 Å². The smallest absolute Gasteiger partial charge is 0.284 e. The van der Waals surface area contributed by atoms with Crippen molar-refractivity contribution in [3.05, 3.63) is 106 Å². The molecule has 0 radical (unpaired) electrons. The lowest BCUT2D eigenvalue weighted by Gasteiger charge is -2.16. The molecule has 0 fully saturated rings. The quantitative estimate of drug-likeness (QED) is 0.246. The van der Waals surface area contributed by atoms with E-state index in [2.05, 4.69) is 53.8 Å². The van der Waals surface area contributed by atoms with Crippen LogP contribution in [0.2, 0.25) is 0 Å². The third-order valence-electron chi connectivity index (χ3n) is 4.56. The van der Waals surface area contributed by atoms with Crippen molar-refractivity contribution in [3.8, 4) is 0 Å². The van der Waals surface area contributed by atoms with Crippen LogP contribution >= 0.6 is 11.3 Å². The van der Waals surface area contributed by atoms with E-state index in [4.69, 9.17) is 5.21 Å². The Morgan fingerprint density at radius 1 is 0.933 bits per heavy atom. The van der Waals surface area contributed by atoms with E-state index >= 15 is 0 Å². The highest BCUT2D eigenvalue weighted by Crippen LogP contribution is 2.26. The molecule has 0 atom stereocenters. The van der Waals surface area contributed by atoms with Gasteiger partial charge in [-0.1, -0.05) is 72.8 Å². The minimum Gasteiger partial charge on any atom is -0.309 e. The number of aldehydes is 1. The maximum atomic E-state index is 11.1. The van der Waals surface area contributed by atoms with Crippen molar-refractivity contribution in [2.45, 2.75) is 6.04 Å². The summed E-state index contributed by atoms with van der Waals surface area (Å²) in [6, 6.07) is 28.1. The van der Waals surface area contributed by atoms with Crippen molar-refractivity contribution in [2.75, 3.05) is 7.05 Å². The zero-order valence-corrected chi connectivity index (χ0v) is 17.2. The van der Waals surface area contributed by atoms with E-state index in [0.29, 0.717) is 10.4 Å². The molecule has 1 aromatic heterocycles. The molecule has 3 aromatic carbocycles. The largest absolute Gasteiger partial charge is 0.309 e. The second-order valence-electron chi connectivity index (χ2n) is 6.51. The first kappa shape index (κ1) is 21.4. The third-order valence-corrected chi connectivity index (χ3v) is 5.66. The molecule has 6 heteroatoms. The van der Waals surface area contributed by atoms with Crippen LogP contribution in [0, 0.1) is 0 Å². The van der Waals surface area contributed by atoms with Crippen molar-refractivity contribution in [2.24, 2.45) is 0 Å². The molecule has 0 saturated heterocycles. The molecule has 0 aliphatic heterocycles. The molecule has 0 aliphatic carbocycles. The summed E-state index contributed by atoms with van der Waals surface area (Å²) < 4.78 is 0.846. The maximum Gasteiger partial charge on any atom is 0.284 e. The minimum atomic E-state index is -0.538. The number of benzene rings is 3. The van der Waals surface area contributed by atoms with Gasteiger partial charge in [0.2, 0.25) is 0 Å². The van der Waals surface area contributed by atoms with E-state index in [9.17, 15) is 9.59 Å². The SMILES string of the molecule is CNC(c1ccccc1)c1ccccc1.O=Cc1ccc2cc(C(=O)NO)sc2c1. The van der Waals surface area contributed by atoms with Gasteiger partial charge in [0.05, 0.1) is 10.9 Å². The molecule has 0 saturated carbocycles. The third kappa shape index (κ3) is 5.18. The number of amides is 1. The van der Waals surface area contributed by atoms with Gasteiger partial charge in [0.1, 0.15) is 6.29 Å². The number of fused-ring (bicyclic) bond motifs is 1. The Balaban J connectivity index is 0.000000171. The van der Waals surface area contributed by atoms with E-state index in [1.807, 2.05) is 19.2 Å². The summed E-state index contributed by atoms with van der Waals surface area (Å²) in [5.74, 6) is -0.538. The molecule has 0 unspecified atom stereocenters. The molecule has 0 aliphatic rings. The number of carbonyl (C=O) groups is 2. The van der Waals surface area contributed by atoms with Gasteiger partial charge >= 0.3 is 0 Å². The molecule has 152 valence electrons. The monoisotopic (exact) mass is 418 g/mol. The van der Waals surface area contributed by atoms with E-state index in [1.165, 1.54) is 22.5 Å². The fourth-order valence-corrected chi connectivity index (χ4v) is 4.11. The topological polar surface area (TPSA) is 78.4 Å². The van der Waals surface area contributed by atoms with Gasteiger partial charge in [-0.15, -0.1) is 11.3 Å². The maximum absolute atomic E-state index is 11.1. The van der Waals surface area contributed by atoms with E-state index in [1.54, 1.807) is 29.7 Å². The summed E-state index contributed by atoms with van der Waals surface area (Å²) in [7, 11) is 1.99. The highest BCUT2D eigenvalue weighted by atomic mass is 32.1. The molecular weight excluding hydrogens is 396 g/mol. The summed E-state index contributed by atoms with van der Waals surface area (Å²) in [5, 5.41) is 12.7. The van der Waals surface area contributed by atoms with Crippen LogP contribution in [0.5, 0.6) is 0 Å². The van der Waals surface area contributed by atoms with E-state index in [0.717, 1.165) is 16.4 Å². The van der Waals surface area contributed by atoms with Crippen molar-refractivity contribution < 1.29 is 14.8 Å². The van der Waals surface area contributed by atoms with Gasteiger partial charge in [-0.2, -0.15) is 0 Å². The lowest BCUT2D eigenvalue weighted by atomic mass is 9.99. The molecule has 30 heavy (non-hydrogen) atoms. The summed E-state index contributed by atoms with van der Waals surface area (Å²) in [6.07, 6.45) is 0.755. The average Bonchev–Trinajstić information content (AvgIpc) is 3.24. The Kier molecular flexibility index (Phi) is 7.45. The minimum absolute atomic E-state index is 0.285. The average molecular weight is 419 g/mol. The summed E-state index contributed by atoms with van der Waals surface area (Å²) in [5.41, 5.74) is 4.74. The predicted octanol–water partition coefficient (Wildman–Crippen LogP) is 4.83. The number of hydroxylamine groups is 1. The molecule has 1 heterocycles. The molecule has 5 nitrogen and oxygen atoms in total. The van der Waals surface area contributed by atoms with E-state index in [-0.39, 0.29) is 6.04 Å².